The average molecular weight is 407 g/mol. The van der Waals surface area contributed by atoms with Gasteiger partial charge in [0.25, 0.3) is 10.0 Å². The number of sulfonamides is 1. The van der Waals surface area contributed by atoms with Crippen LogP contribution in [0.15, 0.2) is 34.2 Å². The molecule has 7 nitrogen and oxygen atoms in total. The molecule has 3 rings (SSSR count). The Bertz CT molecular complexity index is 805. The van der Waals surface area contributed by atoms with Crippen molar-refractivity contribution >= 4 is 27.5 Å². The molecule has 1 saturated heterocycles. The Morgan fingerprint density at radius 1 is 1.18 bits per heavy atom. The van der Waals surface area contributed by atoms with Gasteiger partial charge in [0.2, 0.25) is 5.91 Å². The van der Waals surface area contributed by atoms with Crippen LogP contribution in [0.2, 0.25) is 0 Å². The number of hydrogen-bond acceptors (Lipinski definition) is 5. The number of anilines is 1. The summed E-state index contributed by atoms with van der Waals surface area (Å²) in [6, 6.07) is 6.27. The molecule has 1 fully saturated rings. The summed E-state index contributed by atoms with van der Waals surface area (Å²) in [5, 5.41) is 2.85. The molecule has 2 aliphatic heterocycles. The summed E-state index contributed by atoms with van der Waals surface area (Å²) in [7, 11) is -3.65. The lowest BCUT2D eigenvalue weighted by atomic mass is 10.0. The van der Waals surface area contributed by atoms with E-state index in [4.69, 9.17) is 0 Å². The Morgan fingerprint density at radius 3 is 2.71 bits per heavy atom. The number of aliphatic imine (C=N–C) groups is 1. The highest BCUT2D eigenvalue weighted by molar-refractivity contribution is 7.90. The Morgan fingerprint density at radius 2 is 1.96 bits per heavy atom. The van der Waals surface area contributed by atoms with Gasteiger partial charge in [-0.15, -0.1) is 0 Å². The van der Waals surface area contributed by atoms with Crippen molar-refractivity contribution in [3.63, 3.8) is 0 Å². The van der Waals surface area contributed by atoms with E-state index in [1.165, 1.54) is 18.6 Å². The normalized spacial score (nSPS) is 21.5. The molecule has 0 saturated carbocycles. The van der Waals surface area contributed by atoms with E-state index in [9.17, 15) is 13.2 Å². The molecule has 2 aliphatic rings. The molecule has 28 heavy (non-hydrogen) atoms. The Kier molecular flexibility index (Phi) is 7.07. The second kappa shape index (κ2) is 9.52. The molecule has 1 aromatic carbocycles. The summed E-state index contributed by atoms with van der Waals surface area (Å²) >= 11 is 0. The quantitative estimate of drug-likeness (QED) is 0.786. The highest BCUT2D eigenvalue weighted by Crippen LogP contribution is 2.17. The van der Waals surface area contributed by atoms with E-state index in [0.717, 1.165) is 38.8 Å². The molecule has 1 aromatic rings. The Labute approximate surface area is 167 Å². The Hall–Kier alpha value is -1.93. The van der Waals surface area contributed by atoms with Crippen molar-refractivity contribution < 1.29 is 13.2 Å². The maximum atomic E-state index is 12.6. The molecule has 8 heteroatoms. The molecule has 0 unspecified atom stereocenters. The van der Waals surface area contributed by atoms with Gasteiger partial charge < -0.3 is 5.32 Å². The minimum atomic E-state index is -3.65. The first-order valence-corrected chi connectivity index (χ1v) is 11.6. The standard InChI is InChI=1S/C20H30N4O3S/c1-16-6-5-13-24(14-16)15-20(25)22-17-8-10-18(11-9-17)28(26,27)23-19-7-3-2-4-12-21-19/h8-11,16H,2-7,12-15H2,1H3,(H,21,23)(H,22,25)/t16-/m1/s1. The SMILES string of the molecule is C[C@@H]1CCCN(CC(=O)Nc2ccc(S(=O)(=O)NC3=NCCCCC3)cc2)C1. The molecule has 0 radical (unpaired) electrons. The molecule has 1 atom stereocenters. The fraction of sp³-hybridized carbons (Fsp3) is 0.600. The van der Waals surface area contributed by atoms with Crippen LogP contribution in [0, 0.1) is 5.92 Å². The summed E-state index contributed by atoms with van der Waals surface area (Å²) < 4.78 is 27.7. The fourth-order valence-corrected chi connectivity index (χ4v) is 4.81. The topological polar surface area (TPSA) is 90.9 Å². The maximum absolute atomic E-state index is 12.6. The number of nitrogens with one attached hydrogen (secondary N) is 2. The summed E-state index contributed by atoms with van der Waals surface area (Å²) in [6.07, 6.45) is 6.01. The highest BCUT2D eigenvalue weighted by Gasteiger charge is 2.19. The Balaban J connectivity index is 1.56. The second-order valence-corrected chi connectivity index (χ2v) is 9.48. The van der Waals surface area contributed by atoms with E-state index < -0.39 is 10.0 Å². The number of rotatable bonds is 5. The summed E-state index contributed by atoms with van der Waals surface area (Å²) in [5.41, 5.74) is 0.598. The van der Waals surface area contributed by atoms with Crippen LogP contribution in [0.5, 0.6) is 0 Å². The van der Waals surface area contributed by atoms with E-state index in [2.05, 4.69) is 26.9 Å². The van der Waals surface area contributed by atoms with Crippen LogP contribution in [0.25, 0.3) is 0 Å². The number of nitrogens with zero attached hydrogens (tertiary/aromatic N) is 2. The molecular weight excluding hydrogens is 376 g/mol. The molecule has 2 N–H and O–H groups in total. The number of hydrogen-bond donors (Lipinski definition) is 2. The third-order valence-corrected chi connectivity index (χ3v) is 6.58. The maximum Gasteiger partial charge on any atom is 0.262 e. The largest absolute Gasteiger partial charge is 0.325 e. The van der Waals surface area contributed by atoms with Crippen molar-refractivity contribution in [2.45, 2.75) is 50.3 Å². The van der Waals surface area contributed by atoms with Crippen molar-refractivity contribution in [2.24, 2.45) is 10.9 Å². The number of amides is 1. The predicted molar refractivity (Wildman–Crippen MR) is 111 cm³/mol. The number of piperidine rings is 1. The van der Waals surface area contributed by atoms with Gasteiger partial charge in [0, 0.05) is 25.2 Å². The second-order valence-electron chi connectivity index (χ2n) is 7.80. The zero-order valence-electron chi connectivity index (χ0n) is 16.5. The van der Waals surface area contributed by atoms with Crippen molar-refractivity contribution in [3.05, 3.63) is 24.3 Å². The third-order valence-electron chi connectivity index (χ3n) is 5.18. The molecule has 2 heterocycles. The number of likely N-dealkylation sites (tertiary alicyclic amines) is 1. The molecule has 154 valence electrons. The average Bonchev–Trinajstić information content (AvgIpc) is 2.90. The minimum Gasteiger partial charge on any atom is -0.325 e. The number of carbonyl (C=O) groups is 1. The van der Waals surface area contributed by atoms with Crippen LogP contribution >= 0.6 is 0 Å². The van der Waals surface area contributed by atoms with Crippen LogP contribution < -0.4 is 10.0 Å². The van der Waals surface area contributed by atoms with Gasteiger partial charge in [-0.25, -0.2) is 8.42 Å². The van der Waals surface area contributed by atoms with E-state index in [1.54, 1.807) is 12.1 Å². The monoisotopic (exact) mass is 406 g/mol. The van der Waals surface area contributed by atoms with Gasteiger partial charge in [0.1, 0.15) is 5.84 Å². The van der Waals surface area contributed by atoms with E-state index in [-0.39, 0.29) is 10.8 Å². The summed E-state index contributed by atoms with van der Waals surface area (Å²) in [4.78, 5) is 18.9. The van der Waals surface area contributed by atoms with Gasteiger partial charge in [-0.1, -0.05) is 13.3 Å². The molecule has 0 aromatic heterocycles. The van der Waals surface area contributed by atoms with E-state index >= 15 is 0 Å². The smallest absolute Gasteiger partial charge is 0.262 e. The van der Waals surface area contributed by atoms with Crippen LogP contribution in [0.1, 0.15) is 45.4 Å². The first-order valence-electron chi connectivity index (χ1n) is 10.1. The van der Waals surface area contributed by atoms with Gasteiger partial charge in [-0.2, -0.15) is 0 Å². The summed E-state index contributed by atoms with van der Waals surface area (Å²) in [5.74, 6) is 1.08. The molecular formula is C20H30N4O3S. The molecule has 1 amide bonds. The zero-order chi connectivity index (χ0) is 20.0. The van der Waals surface area contributed by atoms with Gasteiger partial charge >= 0.3 is 0 Å². The first kappa shape index (κ1) is 20.8. The van der Waals surface area contributed by atoms with Gasteiger partial charge in [-0.3, -0.25) is 19.4 Å². The van der Waals surface area contributed by atoms with Gasteiger partial charge in [-0.05, 0) is 62.4 Å². The van der Waals surface area contributed by atoms with Crippen LogP contribution in [-0.4, -0.2) is 51.2 Å². The highest BCUT2D eigenvalue weighted by atomic mass is 32.2. The first-order chi connectivity index (χ1) is 13.4. The summed E-state index contributed by atoms with van der Waals surface area (Å²) in [6.45, 7) is 5.13. The predicted octanol–water partition coefficient (Wildman–Crippen LogP) is 2.61. The van der Waals surface area contributed by atoms with Crippen LogP contribution in [0.3, 0.4) is 0 Å². The lowest BCUT2D eigenvalue weighted by molar-refractivity contribution is -0.117. The van der Waals surface area contributed by atoms with Crippen LogP contribution in [-0.2, 0) is 14.8 Å². The van der Waals surface area contributed by atoms with Gasteiger partial charge in [0.15, 0.2) is 0 Å². The van der Waals surface area contributed by atoms with Crippen molar-refractivity contribution in [1.82, 2.24) is 9.62 Å². The van der Waals surface area contributed by atoms with Crippen LogP contribution in [0.4, 0.5) is 5.69 Å². The molecule has 0 spiro atoms. The third kappa shape index (κ3) is 6.04. The minimum absolute atomic E-state index is 0.0735. The lowest BCUT2D eigenvalue weighted by Gasteiger charge is -2.30. The zero-order valence-corrected chi connectivity index (χ0v) is 17.3. The lowest BCUT2D eigenvalue weighted by Crippen LogP contribution is -2.39. The number of benzene rings is 1. The van der Waals surface area contributed by atoms with E-state index in [1.807, 2.05) is 0 Å². The fourth-order valence-electron chi connectivity index (χ4n) is 3.72. The van der Waals surface area contributed by atoms with Crippen molar-refractivity contribution in [2.75, 3.05) is 31.5 Å². The number of carbonyl (C=O) groups excluding carboxylic acids is 1. The van der Waals surface area contributed by atoms with E-state index in [0.29, 0.717) is 37.0 Å². The van der Waals surface area contributed by atoms with Crippen molar-refractivity contribution in [3.8, 4) is 0 Å². The van der Waals surface area contributed by atoms with Crippen molar-refractivity contribution in [1.29, 1.82) is 0 Å². The molecule has 0 bridgehead atoms. The number of amidine groups is 1. The molecule has 0 aliphatic carbocycles. The van der Waals surface area contributed by atoms with Gasteiger partial charge in [0.05, 0.1) is 11.4 Å².